The van der Waals surface area contributed by atoms with Crippen molar-refractivity contribution in [1.29, 1.82) is 0 Å². The van der Waals surface area contributed by atoms with Gasteiger partial charge in [0.1, 0.15) is 17.5 Å². The van der Waals surface area contributed by atoms with E-state index in [2.05, 4.69) is 43.8 Å². The summed E-state index contributed by atoms with van der Waals surface area (Å²) in [6, 6.07) is 6.17. The molecule has 1 aliphatic heterocycles. The molecule has 25 heavy (non-hydrogen) atoms. The van der Waals surface area contributed by atoms with E-state index >= 15 is 0 Å². The van der Waals surface area contributed by atoms with Gasteiger partial charge in [0.15, 0.2) is 5.65 Å². The van der Waals surface area contributed by atoms with Gasteiger partial charge in [0.2, 0.25) is 0 Å². The van der Waals surface area contributed by atoms with Gasteiger partial charge in [0, 0.05) is 37.9 Å². The summed E-state index contributed by atoms with van der Waals surface area (Å²) in [6.07, 6.45) is 0. The summed E-state index contributed by atoms with van der Waals surface area (Å²) in [5.74, 6) is 2.85. The molecule has 0 amide bonds. The maximum Gasteiger partial charge on any atom is 0.154 e. The second-order valence-corrected chi connectivity index (χ2v) is 6.63. The van der Waals surface area contributed by atoms with Gasteiger partial charge in [-0.1, -0.05) is 0 Å². The van der Waals surface area contributed by atoms with Gasteiger partial charge in [-0.2, -0.15) is 0 Å². The van der Waals surface area contributed by atoms with Gasteiger partial charge < -0.3 is 9.80 Å². The minimum Gasteiger partial charge on any atom is -0.353 e. The number of nitrogens with zero attached hydrogens (tertiary/aromatic N) is 7. The molecule has 1 saturated heterocycles. The number of fused-ring (bicyclic) bond motifs is 1. The number of aryl methyl sites for hydroxylation is 4. The average molecular weight is 337 g/mol. The van der Waals surface area contributed by atoms with Crippen LogP contribution in [-0.2, 0) is 0 Å². The molecule has 0 atom stereocenters. The molecule has 1 aliphatic rings. The number of hydrogen-bond donors (Lipinski definition) is 0. The van der Waals surface area contributed by atoms with Crippen LogP contribution in [0, 0.1) is 27.7 Å². The van der Waals surface area contributed by atoms with E-state index in [4.69, 9.17) is 5.10 Å². The van der Waals surface area contributed by atoms with Gasteiger partial charge in [-0.3, -0.25) is 0 Å². The SMILES string of the molecule is Cc1cc(N2CCN(c3ccc4nc(C)c(C)n4n3)CC2)nc(C)n1. The maximum atomic E-state index is 4.78. The normalized spacial score (nSPS) is 15.2. The summed E-state index contributed by atoms with van der Waals surface area (Å²) in [6.45, 7) is 11.7. The Kier molecular flexibility index (Phi) is 3.78. The topological polar surface area (TPSA) is 62.5 Å². The summed E-state index contributed by atoms with van der Waals surface area (Å²) >= 11 is 0. The fraction of sp³-hybridized carbons (Fsp3) is 0.444. The Morgan fingerprint density at radius 1 is 0.800 bits per heavy atom. The molecule has 3 aromatic heterocycles. The zero-order valence-electron chi connectivity index (χ0n) is 15.2. The van der Waals surface area contributed by atoms with Crippen molar-refractivity contribution in [3.05, 3.63) is 41.1 Å². The number of anilines is 2. The third-order valence-electron chi connectivity index (χ3n) is 4.80. The number of imidazole rings is 1. The lowest BCUT2D eigenvalue weighted by molar-refractivity contribution is 0.633. The minimum atomic E-state index is 0.829. The highest BCUT2D eigenvalue weighted by Gasteiger charge is 2.20. The number of piperazine rings is 1. The van der Waals surface area contributed by atoms with E-state index in [1.807, 2.05) is 31.4 Å². The molecule has 0 N–H and O–H groups in total. The van der Waals surface area contributed by atoms with Crippen molar-refractivity contribution in [1.82, 2.24) is 24.6 Å². The Bertz CT molecular complexity index is 902. The van der Waals surface area contributed by atoms with E-state index in [0.29, 0.717) is 0 Å². The maximum absolute atomic E-state index is 4.78. The largest absolute Gasteiger partial charge is 0.353 e. The second kappa shape index (κ2) is 5.98. The third-order valence-corrected chi connectivity index (χ3v) is 4.80. The van der Waals surface area contributed by atoms with E-state index in [1.54, 1.807) is 0 Å². The molecule has 130 valence electrons. The lowest BCUT2D eigenvalue weighted by atomic mass is 10.3. The van der Waals surface area contributed by atoms with Gasteiger partial charge in [0.05, 0.1) is 11.4 Å². The molecule has 0 unspecified atom stereocenters. The average Bonchev–Trinajstić information content (AvgIpc) is 2.88. The van der Waals surface area contributed by atoms with Crippen LogP contribution < -0.4 is 9.80 Å². The number of aromatic nitrogens is 5. The lowest BCUT2D eigenvalue weighted by Crippen LogP contribution is -2.47. The van der Waals surface area contributed by atoms with Gasteiger partial charge in [-0.15, -0.1) is 5.10 Å². The molecule has 1 fully saturated rings. The monoisotopic (exact) mass is 337 g/mol. The first-order chi connectivity index (χ1) is 12.0. The molecule has 7 nitrogen and oxygen atoms in total. The summed E-state index contributed by atoms with van der Waals surface area (Å²) in [5.41, 5.74) is 4.05. The minimum absolute atomic E-state index is 0.829. The van der Waals surface area contributed by atoms with Crippen molar-refractivity contribution < 1.29 is 0 Å². The van der Waals surface area contributed by atoms with Gasteiger partial charge in [0.25, 0.3) is 0 Å². The van der Waals surface area contributed by atoms with Crippen LogP contribution in [0.5, 0.6) is 0 Å². The summed E-state index contributed by atoms with van der Waals surface area (Å²) < 4.78 is 1.94. The third kappa shape index (κ3) is 2.90. The predicted molar refractivity (Wildman–Crippen MR) is 98.4 cm³/mol. The summed E-state index contributed by atoms with van der Waals surface area (Å²) in [5, 5.41) is 4.78. The highest BCUT2D eigenvalue weighted by Crippen LogP contribution is 2.19. The van der Waals surface area contributed by atoms with E-state index in [0.717, 1.165) is 66.4 Å². The summed E-state index contributed by atoms with van der Waals surface area (Å²) in [7, 11) is 0. The first-order valence-corrected chi connectivity index (χ1v) is 8.66. The van der Waals surface area contributed by atoms with Crippen LogP contribution in [0.1, 0.15) is 22.9 Å². The zero-order valence-corrected chi connectivity index (χ0v) is 15.2. The first-order valence-electron chi connectivity index (χ1n) is 8.66. The predicted octanol–water partition coefficient (Wildman–Crippen LogP) is 2.08. The van der Waals surface area contributed by atoms with E-state index in [1.165, 1.54) is 0 Å². The molecule has 0 spiro atoms. The highest BCUT2D eigenvalue weighted by atomic mass is 15.4. The van der Waals surface area contributed by atoms with Crippen molar-refractivity contribution in [2.75, 3.05) is 36.0 Å². The molecule has 0 aromatic carbocycles. The molecule has 4 rings (SSSR count). The van der Waals surface area contributed by atoms with Crippen LogP contribution in [0.3, 0.4) is 0 Å². The first kappa shape index (κ1) is 15.8. The van der Waals surface area contributed by atoms with Crippen LogP contribution in [0.15, 0.2) is 18.2 Å². The van der Waals surface area contributed by atoms with E-state index in [9.17, 15) is 0 Å². The molecule has 7 heteroatoms. The van der Waals surface area contributed by atoms with Crippen LogP contribution in [-0.4, -0.2) is 50.7 Å². The van der Waals surface area contributed by atoms with Crippen LogP contribution in [0.4, 0.5) is 11.6 Å². The molecular weight excluding hydrogens is 314 g/mol. The Hall–Kier alpha value is -2.70. The molecule has 4 heterocycles. The fourth-order valence-electron chi connectivity index (χ4n) is 3.34. The van der Waals surface area contributed by atoms with E-state index < -0.39 is 0 Å². The zero-order chi connectivity index (χ0) is 17.6. The Labute approximate surface area is 147 Å². The Morgan fingerprint density at radius 2 is 1.48 bits per heavy atom. The molecular formula is C18H23N7. The lowest BCUT2D eigenvalue weighted by Gasteiger charge is -2.36. The number of rotatable bonds is 2. The number of hydrogen-bond acceptors (Lipinski definition) is 6. The van der Waals surface area contributed by atoms with Gasteiger partial charge >= 0.3 is 0 Å². The standard InChI is InChI=1S/C18H23N7/c1-12-11-18(21-15(4)19-12)24-9-7-23(8-10-24)17-6-5-16-20-13(2)14(3)25(16)22-17/h5-6,11H,7-10H2,1-4H3. The fourth-order valence-corrected chi connectivity index (χ4v) is 3.34. The quantitative estimate of drug-likeness (QED) is 0.713. The Balaban J connectivity index is 1.52. The molecule has 0 saturated carbocycles. The van der Waals surface area contributed by atoms with Crippen LogP contribution in [0.2, 0.25) is 0 Å². The molecule has 0 bridgehead atoms. The van der Waals surface area contributed by atoms with Crippen molar-refractivity contribution in [3.8, 4) is 0 Å². The Morgan fingerprint density at radius 3 is 2.16 bits per heavy atom. The van der Waals surface area contributed by atoms with Crippen molar-refractivity contribution in [3.63, 3.8) is 0 Å². The van der Waals surface area contributed by atoms with Crippen molar-refractivity contribution in [2.24, 2.45) is 0 Å². The van der Waals surface area contributed by atoms with Crippen molar-refractivity contribution >= 4 is 17.3 Å². The van der Waals surface area contributed by atoms with E-state index in [-0.39, 0.29) is 0 Å². The highest BCUT2D eigenvalue weighted by molar-refractivity contribution is 5.50. The van der Waals surface area contributed by atoms with Crippen LogP contribution in [0.25, 0.3) is 5.65 Å². The molecule has 0 radical (unpaired) electrons. The van der Waals surface area contributed by atoms with Gasteiger partial charge in [-0.25, -0.2) is 19.5 Å². The molecule has 3 aromatic rings. The van der Waals surface area contributed by atoms with Crippen molar-refractivity contribution in [2.45, 2.75) is 27.7 Å². The molecule has 0 aliphatic carbocycles. The second-order valence-electron chi connectivity index (χ2n) is 6.63. The van der Waals surface area contributed by atoms with Crippen LogP contribution >= 0.6 is 0 Å². The smallest absolute Gasteiger partial charge is 0.154 e. The summed E-state index contributed by atoms with van der Waals surface area (Å²) in [4.78, 5) is 18.1. The van der Waals surface area contributed by atoms with Gasteiger partial charge in [-0.05, 0) is 39.8 Å².